The Kier molecular flexibility index (Phi) is 5.44. The highest BCUT2D eigenvalue weighted by molar-refractivity contribution is 5.95. The molecule has 1 aromatic carbocycles. The van der Waals surface area contributed by atoms with Gasteiger partial charge in [-0.3, -0.25) is 4.79 Å². The van der Waals surface area contributed by atoms with Crippen LogP contribution in [0, 0.1) is 5.92 Å². The van der Waals surface area contributed by atoms with Gasteiger partial charge < -0.3 is 10.0 Å². The number of aromatic nitrogens is 2. The molecule has 5 nitrogen and oxygen atoms in total. The van der Waals surface area contributed by atoms with Gasteiger partial charge >= 0.3 is 0 Å². The van der Waals surface area contributed by atoms with Crippen LogP contribution in [0.5, 0.6) is 0 Å². The van der Waals surface area contributed by atoms with Gasteiger partial charge in [-0.2, -0.15) is 0 Å². The van der Waals surface area contributed by atoms with Crippen LogP contribution in [0.2, 0.25) is 0 Å². The van der Waals surface area contributed by atoms with Crippen LogP contribution in [-0.4, -0.2) is 38.5 Å². The largest absolute Gasteiger partial charge is 0.385 e. The van der Waals surface area contributed by atoms with Crippen molar-refractivity contribution >= 4 is 5.91 Å². The summed E-state index contributed by atoms with van der Waals surface area (Å²) in [5.74, 6) is 0.0941. The van der Waals surface area contributed by atoms with Crippen molar-refractivity contribution in [3.05, 3.63) is 59.7 Å². The summed E-state index contributed by atoms with van der Waals surface area (Å²) >= 11 is 0. The molecular weight excluding hydrogens is 350 g/mol. The molecule has 2 aliphatic rings. The van der Waals surface area contributed by atoms with E-state index in [1.165, 1.54) is 6.33 Å². The molecule has 148 valence electrons. The van der Waals surface area contributed by atoms with Gasteiger partial charge in [0.15, 0.2) is 0 Å². The van der Waals surface area contributed by atoms with Gasteiger partial charge in [-0.1, -0.05) is 56.5 Å². The van der Waals surface area contributed by atoms with Crippen LogP contribution in [0.1, 0.15) is 67.1 Å². The van der Waals surface area contributed by atoms with E-state index in [1.54, 1.807) is 6.20 Å². The van der Waals surface area contributed by atoms with Gasteiger partial charge in [0.05, 0.1) is 16.9 Å². The van der Waals surface area contributed by atoms with E-state index in [-0.39, 0.29) is 17.9 Å². The summed E-state index contributed by atoms with van der Waals surface area (Å²) < 4.78 is 0. The van der Waals surface area contributed by atoms with Crippen LogP contribution in [-0.2, 0) is 12.0 Å². The minimum Gasteiger partial charge on any atom is -0.385 e. The quantitative estimate of drug-likeness (QED) is 0.879. The lowest BCUT2D eigenvalue weighted by Gasteiger charge is -2.52. The Morgan fingerprint density at radius 1 is 1.25 bits per heavy atom. The van der Waals surface area contributed by atoms with Gasteiger partial charge in [0, 0.05) is 24.7 Å². The van der Waals surface area contributed by atoms with Crippen LogP contribution >= 0.6 is 0 Å². The molecule has 1 aliphatic carbocycles. The number of rotatable bonds is 4. The fraction of sp³-hybridized carbons (Fsp3) is 0.522. The van der Waals surface area contributed by atoms with Crippen LogP contribution in [0.3, 0.4) is 0 Å². The number of hydrogen-bond acceptors (Lipinski definition) is 4. The Hall–Kier alpha value is -2.27. The average molecular weight is 380 g/mol. The zero-order valence-electron chi connectivity index (χ0n) is 16.6. The first-order chi connectivity index (χ1) is 13.6. The van der Waals surface area contributed by atoms with E-state index in [9.17, 15) is 9.90 Å². The van der Waals surface area contributed by atoms with Crippen LogP contribution in [0.25, 0.3) is 0 Å². The van der Waals surface area contributed by atoms with Crippen LogP contribution < -0.4 is 0 Å². The summed E-state index contributed by atoms with van der Waals surface area (Å²) in [6, 6.07) is 10.1. The highest BCUT2D eigenvalue weighted by atomic mass is 16.3. The number of carbonyl (C=O) groups excluding carboxylic acids is 1. The molecule has 0 unspecified atom stereocenters. The maximum atomic E-state index is 13.5. The number of benzene rings is 1. The van der Waals surface area contributed by atoms with Crippen molar-refractivity contribution < 1.29 is 9.90 Å². The number of aliphatic hydroxyl groups is 1. The van der Waals surface area contributed by atoms with Crippen LogP contribution in [0.4, 0.5) is 0 Å². The maximum absolute atomic E-state index is 13.5. The first-order valence-electron chi connectivity index (χ1n) is 10.5. The van der Waals surface area contributed by atoms with Crippen molar-refractivity contribution in [1.29, 1.82) is 0 Å². The van der Waals surface area contributed by atoms with Crippen molar-refractivity contribution in [1.82, 2.24) is 14.9 Å². The summed E-state index contributed by atoms with van der Waals surface area (Å²) in [6.07, 6.45) is 9.58. The lowest BCUT2D eigenvalue weighted by molar-refractivity contribution is -0.110. The highest BCUT2D eigenvalue weighted by Crippen LogP contribution is 2.47. The smallest absolute Gasteiger partial charge is 0.257 e. The molecule has 3 atom stereocenters. The minimum atomic E-state index is -0.859. The van der Waals surface area contributed by atoms with Gasteiger partial charge in [0.1, 0.15) is 6.33 Å². The zero-order valence-corrected chi connectivity index (χ0v) is 16.6. The standard InChI is InChI=1S/C23H29N3O2/c1-2-8-20-18(15-24-16-25-20)22(27)26-14-13-23(28,17-9-4-3-5-10-17)19-11-6-7-12-21(19)26/h3-5,9-10,15-16,19,21,28H,2,6-8,11-14H2,1H3/t19-,21-,23+/m1/s1. The molecule has 1 aromatic heterocycles. The Morgan fingerprint density at radius 3 is 2.82 bits per heavy atom. The maximum Gasteiger partial charge on any atom is 0.257 e. The fourth-order valence-corrected chi connectivity index (χ4v) is 5.15. The third-order valence-electron chi connectivity index (χ3n) is 6.52. The van der Waals surface area contributed by atoms with Gasteiger partial charge in [-0.15, -0.1) is 0 Å². The first kappa shape index (κ1) is 19.1. The van der Waals surface area contributed by atoms with Crippen molar-refractivity contribution in [3.63, 3.8) is 0 Å². The Balaban J connectivity index is 1.65. The van der Waals surface area contributed by atoms with Crippen molar-refractivity contribution in [2.24, 2.45) is 5.92 Å². The summed E-state index contributed by atoms with van der Waals surface area (Å²) in [5.41, 5.74) is 1.58. The molecule has 1 amide bonds. The Morgan fingerprint density at radius 2 is 2.04 bits per heavy atom. The molecule has 1 saturated heterocycles. The van der Waals surface area contributed by atoms with E-state index >= 15 is 0 Å². The molecule has 4 rings (SSSR count). The lowest BCUT2D eigenvalue weighted by atomic mass is 9.66. The second kappa shape index (κ2) is 8.00. The van der Waals surface area contributed by atoms with E-state index in [4.69, 9.17) is 0 Å². The third-order valence-corrected chi connectivity index (χ3v) is 6.52. The molecule has 28 heavy (non-hydrogen) atoms. The van der Waals surface area contributed by atoms with Gasteiger partial charge in [-0.05, 0) is 31.2 Å². The molecule has 0 bridgehead atoms. The molecule has 5 heteroatoms. The van der Waals surface area contributed by atoms with E-state index < -0.39 is 5.60 Å². The summed E-state index contributed by atoms with van der Waals surface area (Å²) in [7, 11) is 0. The van der Waals surface area contributed by atoms with Gasteiger partial charge in [0.2, 0.25) is 0 Å². The number of piperidine rings is 1. The van der Waals surface area contributed by atoms with Gasteiger partial charge in [0.25, 0.3) is 5.91 Å². The van der Waals surface area contributed by atoms with Crippen molar-refractivity contribution in [3.8, 4) is 0 Å². The number of amides is 1. The topological polar surface area (TPSA) is 66.3 Å². The molecule has 1 saturated carbocycles. The number of nitrogens with zero attached hydrogens (tertiary/aromatic N) is 3. The minimum absolute atomic E-state index is 0.0241. The summed E-state index contributed by atoms with van der Waals surface area (Å²) in [4.78, 5) is 23.9. The number of likely N-dealkylation sites (tertiary alicyclic amines) is 1. The monoisotopic (exact) mass is 379 g/mol. The molecule has 1 N–H and O–H groups in total. The molecule has 2 aromatic rings. The van der Waals surface area contributed by atoms with Crippen LogP contribution in [0.15, 0.2) is 42.9 Å². The number of carbonyl (C=O) groups is 1. The second-order valence-electron chi connectivity index (χ2n) is 8.13. The molecule has 2 heterocycles. The SMILES string of the molecule is CCCc1ncncc1C(=O)N1CC[C@](O)(c2ccccc2)[C@@H]2CCCC[C@H]21. The first-order valence-corrected chi connectivity index (χ1v) is 10.5. The summed E-state index contributed by atoms with van der Waals surface area (Å²) in [6.45, 7) is 2.65. The van der Waals surface area contributed by atoms with Crippen molar-refractivity contribution in [2.75, 3.05) is 6.54 Å². The Labute approximate surface area is 166 Å². The number of aryl methyl sites for hydroxylation is 1. The normalized spacial score (nSPS) is 27.3. The Bertz CT molecular complexity index is 826. The average Bonchev–Trinajstić information content (AvgIpc) is 2.75. The third kappa shape index (κ3) is 3.32. The zero-order chi connectivity index (χ0) is 19.6. The molecule has 0 spiro atoms. The van der Waals surface area contributed by atoms with Gasteiger partial charge in [-0.25, -0.2) is 9.97 Å². The fourth-order valence-electron chi connectivity index (χ4n) is 5.15. The van der Waals surface area contributed by atoms with E-state index in [2.05, 4.69) is 16.9 Å². The molecule has 1 aliphatic heterocycles. The second-order valence-corrected chi connectivity index (χ2v) is 8.13. The lowest BCUT2D eigenvalue weighted by Crippen LogP contribution is -2.59. The predicted octanol–water partition coefficient (Wildman–Crippen LogP) is 3.72. The highest BCUT2D eigenvalue weighted by Gasteiger charge is 2.50. The molecule has 0 radical (unpaired) electrons. The van der Waals surface area contributed by atoms with E-state index in [0.29, 0.717) is 18.5 Å². The van der Waals surface area contributed by atoms with Crippen molar-refractivity contribution in [2.45, 2.75) is 63.5 Å². The summed E-state index contributed by atoms with van der Waals surface area (Å²) in [5, 5.41) is 11.7. The predicted molar refractivity (Wildman–Crippen MR) is 108 cm³/mol. The van der Waals surface area contributed by atoms with E-state index in [0.717, 1.165) is 49.8 Å². The number of hydrogen-bond donors (Lipinski definition) is 1. The number of fused-ring (bicyclic) bond motifs is 1. The molecular formula is C23H29N3O2. The van der Waals surface area contributed by atoms with E-state index in [1.807, 2.05) is 35.2 Å². The molecule has 2 fully saturated rings.